The lowest BCUT2D eigenvalue weighted by atomic mass is 9.94. The van der Waals surface area contributed by atoms with E-state index >= 15 is 0 Å². The van der Waals surface area contributed by atoms with Crippen molar-refractivity contribution in [3.8, 4) is 17.2 Å². The van der Waals surface area contributed by atoms with Crippen LogP contribution in [0, 0.1) is 0 Å². The van der Waals surface area contributed by atoms with E-state index in [1.165, 1.54) is 48.5 Å². The van der Waals surface area contributed by atoms with Gasteiger partial charge in [0.25, 0.3) is 0 Å². The maximum atomic E-state index is 13.2. The minimum absolute atomic E-state index is 0.0366. The lowest BCUT2D eigenvalue weighted by molar-refractivity contribution is 0.105. The number of carbonyl (C=O) groups is 1. The van der Waals surface area contributed by atoms with Crippen molar-refractivity contribution in [2.45, 2.75) is 4.90 Å². The summed E-state index contributed by atoms with van der Waals surface area (Å²) in [6.07, 6.45) is 0. The van der Waals surface area contributed by atoms with Crippen LogP contribution in [0.3, 0.4) is 0 Å². The van der Waals surface area contributed by atoms with Gasteiger partial charge in [-0.25, -0.2) is 4.21 Å². The Morgan fingerprint density at radius 3 is 1.93 bits per heavy atom. The molecule has 6 heteroatoms. The van der Waals surface area contributed by atoms with Crippen molar-refractivity contribution >= 4 is 27.1 Å². The molecule has 5 nitrogen and oxygen atoms in total. The number of Topliss-reactive ketones (excluding diaryl/α,β-unsaturated/α-hetero) is 1. The molecule has 0 aliphatic carbocycles. The van der Waals surface area contributed by atoms with Gasteiger partial charge in [0.2, 0.25) is 0 Å². The highest BCUT2D eigenvalue weighted by Gasteiger charge is 2.34. The maximum Gasteiger partial charge on any atom is 0.194 e. The number of hydrogen-bond donors (Lipinski definition) is 3. The van der Waals surface area contributed by atoms with Gasteiger partial charge in [-0.2, -0.15) is 0 Å². The molecule has 1 aliphatic rings. The van der Waals surface area contributed by atoms with Gasteiger partial charge in [0.1, 0.15) is 17.2 Å². The summed E-state index contributed by atoms with van der Waals surface area (Å²) in [5.41, 5.74) is 1.66. The van der Waals surface area contributed by atoms with Crippen LogP contribution in [0.4, 0.5) is 0 Å². The zero-order chi connectivity index (χ0) is 19.1. The Morgan fingerprint density at radius 2 is 1.30 bits per heavy atom. The molecule has 1 atom stereocenters. The molecule has 4 rings (SSSR count). The van der Waals surface area contributed by atoms with E-state index in [0.717, 1.165) is 0 Å². The van der Waals surface area contributed by atoms with Crippen molar-refractivity contribution in [2.24, 2.45) is 0 Å². The molecule has 0 spiro atoms. The van der Waals surface area contributed by atoms with Crippen molar-refractivity contribution in [3.63, 3.8) is 0 Å². The number of allylic oxidation sites excluding steroid dienone is 1. The fourth-order valence-electron chi connectivity index (χ4n) is 3.04. The molecule has 3 N–H and O–H groups in total. The van der Waals surface area contributed by atoms with Gasteiger partial charge >= 0.3 is 0 Å². The van der Waals surface area contributed by atoms with Crippen molar-refractivity contribution < 1.29 is 24.3 Å². The highest BCUT2D eigenvalue weighted by Crippen LogP contribution is 2.44. The Morgan fingerprint density at radius 1 is 0.741 bits per heavy atom. The monoisotopic (exact) mass is 378 g/mol. The van der Waals surface area contributed by atoms with E-state index in [1.54, 1.807) is 18.2 Å². The number of benzene rings is 3. The Hall–Kier alpha value is -3.38. The second-order valence-electron chi connectivity index (χ2n) is 6.08. The minimum Gasteiger partial charge on any atom is -0.508 e. The summed E-state index contributed by atoms with van der Waals surface area (Å²) in [6.45, 7) is 0. The molecule has 1 unspecified atom stereocenters. The molecule has 0 amide bonds. The summed E-state index contributed by atoms with van der Waals surface area (Å²) < 4.78 is 13.1. The average Bonchev–Trinajstić information content (AvgIpc) is 2.95. The van der Waals surface area contributed by atoms with Gasteiger partial charge in [0.05, 0.1) is 20.6 Å². The molecule has 3 aromatic carbocycles. The number of hydrogen-bond acceptors (Lipinski definition) is 5. The Labute approximate surface area is 157 Å². The zero-order valence-corrected chi connectivity index (χ0v) is 14.7. The van der Waals surface area contributed by atoms with Crippen molar-refractivity contribution in [3.05, 3.63) is 83.4 Å². The highest BCUT2D eigenvalue weighted by atomic mass is 32.2. The van der Waals surface area contributed by atoms with Gasteiger partial charge in [0.15, 0.2) is 5.78 Å². The SMILES string of the molecule is O=C(C1=C(c2ccc(O)cc2)S(=O)c2cc(O)ccc21)c1ccc(O)cc1. The first-order valence-electron chi connectivity index (χ1n) is 8.08. The topological polar surface area (TPSA) is 94.8 Å². The standard InChI is InChI=1S/C21H14O5S/c22-14-5-1-12(2-6-14)20(25)19-17-10-9-16(24)11-18(17)27(26)21(19)13-3-7-15(23)8-4-13/h1-11,22-24H. The van der Waals surface area contributed by atoms with Crippen LogP contribution >= 0.6 is 0 Å². The second kappa shape index (κ2) is 6.41. The second-order valence-corrected chi connectivity index (χ2v) is 7.46. The lowest BCUT2D eigenvalue weighted by Gasteiger charge is -2.08. The molecular weight excluding hydrogens is 364 g/mol. The predicted octanol–water partition coefficient (Wildman–Crippen LogP) is 3.68. The summed E-state index contributed by atoms with van der Waals surface area (Å²) in [6, 6.07) is 16.4. The normalized spacial score (nSPS) is 15.6. The Bertz CT molecular complexity index is 1110. The van der Waals surface area contributed by atoms with Crippen LogP contribution in [0.25, 0.3) is 10.5 Å². The van der Waals surface area contributed by atoms with Crippen LogP contribution in [0.2, 0.25) is 0 Å². The number of aromatic hydroxyl groups is 3. The molecule has 134 valence electrons. The van der Waals surface area contributed by atoms with Crippen LogP contribution < -0.4 is 0 Å². The first kappa shape index (κ1) is 17.1. The maximum absolute atomic E-state index is 13.2. The average molecular weight is 378 g/mol. The number of rotatable bonds is 3. The van der Waals surface area contributed by atoms with E-state index < -0.39 is 10.8 Å². The number of phenolic OH excluding ortho intramolecular Hbond substituents is 3. The van der Waals surface area contributed by atoms with Gasteiger partial charge in [0, 0.05) is 16.7 Å². The molecule has 3 aromatic rings. The third-order valence-corrected chi connectivity index (χ3v) is 5.88. The van der Waals surface area contributed by atoms with E-state index in [2.05, 4.69) is 0 Å². The quantitative estimate of drug-likeness (QED) is 0.605. The highest BCUT2D eigenvalue weighted by molar-refractivity contribution is 7.95. The first-order chi connectivity index (χ1) is 13.0. The summed E-state index contributed by atoms with van der Waals surface area (Å²) in [5, 5.41) is 28.8. The molecule has 1 heterocycles. The molecule has 0 bridgehead atoms. The third kappa shape index (κ3) is 2.90. The van der Waals surface area contributed by atoms with Gasteiger partial charge in [-0.05, 0) is 60.2 Å². The predicted molar refractivity (Wildman–Crippen MR) is 102 cm³/mol. The summed E-state index contributed by atoms with van der Waals surface area (Å²) in [5.74, 6) is -0.273. The van der Waals surface area contributed by atoms with Gasteiger partial charge in [-0.15, -0.1) is 0 Å². The molecular formula is C21H14O5S. The van der Waals surface area contributed by atoms with Crippen molar-refractivity contribution in [2.75, 3.05) is 0 Å². The van der Waals surface area contributed by atoms with Gasteiger partial charge in [-0.1, -0.05) is 12.1 Å². The number of carbonyl (C=O) groups excluding carboxylic acids is 1. The zero-order valence-electron chi connectivity index (χ0n) is 13.9. The van der Waals surface area contributed by atoms with Gasteiger partial charge in [-0.3, -0.25) is 4.79 Å². The van der Waals surface area contributed by atoms with Crippen LogP contribution in [0.5, 0.6) is 17.2 Å². The summed E-state index contributed by atoms with van der Waals surface area (Å²) in [4.78, 5) is 13.9. The third-order valence-electron chi connectivity index (χ3n) is 4.33. The Kier molecular flexibility index (Phi) is 4.05. The molecule has 0 saturated carbocycles. The summed E-state index contributed by atoms with van der Waals surface area (Å²) in [7, 11) is -1.66. The first-order valence-corrected chi connectivity index (χ1v) is 9.23. The molecule has 0 aromatic heterocycles. The van der Waals surface area contributed by atoms with E-state index in [1.807, 2.05) is 0 Å². The lowest BCUT2D eigenvalue weighted by Crippen LogP contribution is -2.03. The van der Waals surface area contributed by atoms with E-state index in [0.29, 0.717) is 26.5 Å². The van der Waals surface area contributed by atoms with Crippen molar-refractivity contribution in [1.29, 1.82) is 0 Å². The summed E-state index contributed by atoms with van der Waals surface area (Å²) >= 11 is 0. The van der Waals surface area contributed by atoms with Gasteiger partial charge < -0.3 is 15.3 Å². The largest absolute Gasteiger partial charge is 0.508 e. The van der Waals surface area contributed by atoms with E-state index in [4.69, 9.17) is 0 Å². The molecule has 0 fully saturated rings. The van der Waals surface area contributed by atoms with Crippen LogP contribution in [0.1, 0.15) is 21.5 Å². The van der Waals surface area contributed by atoms with Crippen LogP contribution in [-0.2, 0) is 10.8 Å². The molecule has 0 saturated heterocycles. The molecule has 0 radical (unpaired) electrons. The fourth-order valence-corrected chi connectivity index (χ4v) is 4.60. The molecule has 27 heavy (non-hydrogen) atoms. The minimum atomic E-state index is -1.66. The Balaban J connectivity index is 1.95. The fraction of sp³-hybridized carbons (Fsp3) is 0. The number of ketones is 1. The molecule has 1 aliphatic heterocycles. The van der Waals surface area contributed by atoms with Crippen LogP contribution in [-0.4, -0.2) is 25.3 Å². The van der Waals surface area contributed by atoms with E-state index in [-0.39, 0.29) is 28.6 Å². The van der Waals surface area contributed by atoms with E-state index in [9.17, 15) is 24.3 Å². The number of phenols is 3. The number of fused-ring (bicyclic) bond motifs is 1. The van der Waals surface area contributed by atoms with Crippen molar-refractivity contribution in [1.82, 2.24) is 0 Å². The smallest absolute Gasteiger partial charge is 0.194 e. The van der Waals surface area contributed by atoms with Crippen LogP contribution in [0.15, 0.2) is 71.6 Å².